The molecule has 2 aromatic carbocycles. The van der Waals surface area contributed by atoms with Crippen molar-refractivity contribution >= 4 is 52.6 Å². The standard InChI is InChI=1S/C17H12Cl3NO2/c1-21-17(23)11-5-2-10(3-6-11)4-9-14(22)12-7-8-13(18)16(20)15(12)19/h2-9H,1H3,(H,21,23)/b9-4+. The van der Waals surface area contributed by atoms with Gasteiger partial charge in [-0.3, -0.25) is 9.59 Å². The maximum atomic E-state index is 12.2. The van der Waals surface area contributed by atoms with Crippen molar-refractivity contribution in [2.45, 2.75) is 0 Å². The van der Waals surface area contributed by atoms with Crippen LogP contribution in [0.4, 0.5) is 0 Å². The largest absolute Gasteiger partial charge is 0.355 e. The zero-order valence-electron chi connectivity index (χ0n) is 12.1. The molecular formula is C17H12Cl3NO2. The number of ketones is 1. The first-order valence-corrected chi connectivity index (χ1v) is 7.75. The number of hydrogen-bond acceptors (Lipinski definition) is 2. The van der Waals surface area contributed by atoms with Crippen molar-refractivity contribution < 1.29 is 9.59 Å². The molecule has 0 fully saturated rings. The van der Waals surface area contributed by atoms with Crippen LogP contribution in [0.25, 0.3) is 6.08 Å². The lowest BCUT2D eigenvalue weighted by atomic mass is 10.1. The fraction of sp³-hybridized carbons (Fsp3) is 0.0588. The summed E-state index contributed by atoms with van der Waals surface area (Å²) in [5, 5.41) is 3.12. The van der Waals surface area contributed by atoms with E-state index in [0.717, 1.165) is 5.56 Å². The average Bonchev–Trinajstić information content (AvgIpc) is 2.57. The second-order valence-electron chi connectivity index (χ2n) is 4.62. The van der Waals surface area contributed by atoms with E-state index in [2.05, 4.69) is 5.32 Å². The molecule has 0 aliphatic rings. The smallest absolute Gasteiger partial charge is 0.251 e. The molecule has 0 bridgehead atoms. The van der Waals surface area contributed by atoms with E-state index >= 15 is 0 Å². The van der Waals surface area contributed by atoms with Crippen molar-refractivity contribution in [1.82, 2.24) is 5.32 Å². The minimum absolute atomic E-state index is 0.129. The Bertz CT molecular complexity index is 783. The van der Waals surface area contributed by atoms with Crippen LogP contribution in [-0.4, -0.2) is 18.7 Å². The summed E-state index contributed by atoms with van der Waals surface area (Å²) in [4.78, 5) is 23.6. The minimum atomic E-state index is -0.288. The first-order chi connectivity index (χ1) is 10.9. The van der Waals surface area contributed by atoms with Crippen LogP contribution in [0.2, 0.25) is 15.1 Å². The number of halogens is 3. The van der Waals surface area contributed by atoms with Crippen LogP contribution in [0.5, 0.6) is 0 Å². The van der Waals surface area contributed by atoms with Crippen molar-refractivity contribution in [3.05, 3.63) is 74.2 Å². The lowest BCUT2D eigenvalue weighted by Crippen LogP contribution is -2.17. The van der Waals surface area contributed by atoms with E-state index in [1.54, 1.807) is 37.4 Å². The lowest BCUT2D eigenvalue weighted by molar-refractivity contribution is 0.0962. The molecule has 0 saturated carbocycles. The van der Waals surface area contributed by atoms with Gasteiger partial charge in [0.05, 0.1) is 15.1 Å². The van der Waals surface area contributed by atoms with Gasteiger partial charge in [0.2, 0.25) is 0 Å². The van der Waals surface area contributed by atoms with Gasteiger partial charge in [-0.15, -0.1) is 0 Å². The van der Waals surface area contributed by atoms with Gasteiger partial charge in [-0.2, -0.15) is 0 Å². The average molecular weight is 369 g/mol. The molecule has 0 atom stereocenters. The number of hydrogen-bond donors (Lipinski definition) is 1. The molecule has 118 valence electrons. The van der Waals surface area contributed by atoms with Crippen LogP contribution in [0.1, 0.15) is 26.3 Å². The van der Waals surface area contributed by atoms with E-state index in [4.69, 9.17) is 34.8 Å². The van der Waals surface area contributed by atoms with Crippen LogP contribution in [0.3, 0.4) is 0 Å². The highest BCUT2D eigenvalue weighted by Crippen LogP contribution is 2.33. The molecule has 3 nitrogen and oxygen atoms in total. The van der Waals surface area contributed by atoms with E-state index < -0.39 is 0 Å². The molecular weight excluding hydrogens is 357 g/mol. The summed E-state index contributed by atoms with van der Waals surface area (Å²) in [5.41, 5.74) is 1.60. The molecule has 0 aliphatic heterocycles. The van der Waals surface area contributed by atoms with Crippen molar-refractivity contribution in [1.29, 1.82) is 0 Å². The van der Waals surface area contributed by atoms with E-state index in [1.165, 1.54) is 18.2 Å². The van der Waals surface area contributed by atoms with Crippen LogP contribution < -0.4 is 5.32 Å². The van der Waals surface area contributed by atoms with Gasteiger partial charge in [0.1, 0.15) is 0 Å². The van der Waals surface area contributed by atoms with E-state index in [9.17, 15) is 9.59 Å². The van der Waals surface area contributed by atoms with E-state index in [1.807, 2.05) is 0 Å². The van der Waals surface area contributed by atoms with Gasteiger partial charge < -0.3 is 5.32 Å². The Morgan fingerprint density at radius 1 is 0.957 bits per heavy atom. The van der Waals surface area contributed by atoms with Gasteiger partial charge in [0.25, 0.3) is 5.91 Å². The molecule has 1 amide bonds. The van der Waals surface area contributed by atoms with Crippen molar-refractivity contribution in [3.63, 3.8) is 0 Å². The van der Waals surface area contributed by atoms with Gasteiger partial charge in [-0.05, 0) is 35.9 Å². The predicted octanol–water partition coefficient (Wildman–Crippen LogP) is 4.90. The Labute approximate surface area is 148 Å². The highest BCUT2D eigenvalue weighted by Gasteiger charge is 2.13. The molecule has 2 rings (SSSR count). The number of carbonyl (C=O) groups excluding carboxylic acids is 2. The topological polar surface area (TPSA) is 46.2 Å². The van der Waals surface area contributed by atoms with Crippen LogP contribution in [0, 0.1) is 0 Å². The number of carbonyl (C=O) groups is 2. The third kappa shape index (κ3) is 4.14. The van der Waals surface area contributed by atoms with E-state index in [-0.39, 0.29) is 27.3 Å². The summed E-state index contributed by atoms with van der Waals surface area (Å²) < 4.78 is 0. The zero-order chi connectivity index (χ0) is 17.0. The normalized spacial score (nSPS) is 10.8. The molecule has 0 spiro atoms. The molecule has 0 unspecified atom stereocenters. The highest BCUT2D eigenvalue weighted by atomic mass is 35.5. The summed E-state index contributed by atoms with van der Waals surface area (Å²) in [7, 11) is 1.57. The Kier molecular flexibility index (Phi) is 5.83. The number of amides is 1. The maximum Gasteiger partial charge on any atom is 0.251 e. The van der Waals surface area contributed by atoms with Crippen molar-refractivity contribution in [2.75, 3.05) is 7.05 Å². The quantitative estimate of drug-likeness (QED) is 0.474. The summed E-state index contributed by atoms with van der Waals surface area (Å²) in [5.74, 6) is -0.455. The molecule has 0 saturated heterocycles. The van der Waals surface area contributed by atoms with Crippen LogP contribution in [0.15, 0.2) is 42.5 Å². The first kappa shape index (κ1) is 17.5. The first-order valence-electron chi connectivity index (χ1n) is 6.62. The van der Waals surface area contributed by atoms with Gasteiger partial charge in [-0.1, -0.05) is 53.0 Å². The van der Waals surface area contributed by atoms with Crippen LogP contribution in [-0.2, 0) is 0 Å². The van der Waals surface area contributed by atoms with Gasteiger partial charge in [0, 0.05) is 18.2 Å². The van der Waals surface area contributed by atoms with Gasteiger partial charge in [-0.25, -0.2) is 0 Å². The number of allylic oxidation sites excluding steroid dienone is 1. The second kappa shape index (κ2) is 7.64. The summed E-state index contributed by atoms with van der Waals surface area (Å²) in [6.07, 6.45) is 3.02. The maximum absolute atomic E-state index is 12.2. The van der Waals surface area contributed by atoms with Gasteiger partial charge in [0.15, 0.2) is 5.78 Å². The van der Waals surface area contributed by atoms with E-state index in [0.29, 0.717) is 10.6 Å². The van der Waals surface area contributed by atoms with Crippen molar-refractivity contribution in [3.8, 4) is 0 Å². The van der Waals surface area contributed by atoms with Crippen molar-refractivity contribution in [2.24, 2.45) is 0 Å². The SMILES string of the molecule is CNC(=O)c1ccc(/C=C/C(=O)c2ccc(Cl)c(Cl)c2Cl)cc1. The summed E-state index contributed by atoms with van der Waals surface area (Å²) >= 11 is 17.8. The monoisotopic (exact) mass is 367 g/mol. The summed E-state index contributed by atoms with van der Waals surface area (Å²) in [6.45, 7) is 0. The van der Waals surface area contributed by atoms with Gasteiger partial charge >= 0.3 is 0 Å². The lowest BCUT2D eigenvalue weighted by Gasteiger charge is -2.04. The third-order valence-corrected chi connectivity index (χ3v) is 4.42. The molecule has 0 aliphatic carbocycles. The fourth-order valence-corrected chi connectivity index (χ4v) is 2.50. The molecule has 0 aromatic heterocycles. The highest BCUT2D eigenvalue weighted by molar-refractivity contribution is 6.49. The number of nitrogens with one attached hydrogen (secondary N) is 1. The predicted molar refractivity (Wildman–Crippen MR) is 94.7 cm³/mol. The molecule has 2 aromatic rings. The minimum Gasteiger partial charge on any atom is -0.355 e. The Morgan fingerprint density at radius 2 is 1.61 bits per heavy atom. The second-order valence-corrected chi connectivity index (χ2v) is 5.78. The molecule has 6 heteroatoms. The zero-order valence-corrected chi connectivity index (χ0v) is 14.3. The fourth-order valence-electron chi connectivity index (χ4n) is 1.87. The molecule has 1 N–H and O–H groups in total. The summed E-state index contributed by atoms with van der Waals surface area (Å²) in [6, 6.07) is 9.88. The third-order valence-electron chi connectivity index (χ3n) is 3.13. The molecule has 0 radical (unpaired) electrons. The Morgan fingerprint density at radius 3 is 2.22 bits per heavy atom. The molecule has 23 heavy (non-hydrogen) atoms. The number of rotatable bonds is 4. The molecule has 0 heterocycles. The Hall–Kier alpha value is -1.81. The Balaban J connectivity index is 2.18. The van der Waals surface area contributed by atoms with Crippen LogP contribution >= 0.6 is 34.8 Å². The number of benzene rings is 2.